The molecule has 0 N–H and O–H groups in total. The van der Waals surface area contributed by atoms with Gasteiger partial charge in [0.25, 0.3) is 0 Å². The Balaban J connectivity index is 1.63. The summed E-state index contributed by atoms with van der Waals surface area (Å²) in [5.41, 5.74) is 0.739. The lowest BCUT2D eigenvalue weighted by molar-refractivity contribution is 0.355. The first-order chi connectivity index (χ1) is 12.3. The van der Waals surface area contributed by atoms with Crippen molar-refractivity contribution >= 4 is 22.7 Å². The second kappa shape index (κ2) is 6.80. The highest BCUT2D eigenvalue weighted by Gasteiger charge is 2.22. The van der Waals surface area contributed by atoms with Crippen LogP contribution in [0.5, 0.6) is 23.1 Å². The van der Waals surface area contributed by atoms with Crippen molar-refractivity contribution in [1.29, 1.82) is 0 Å². The summed E-state index contributed by atoms with van der Waals surface area (Å²) in [6.45, 7) is 0. The summed E-state index contributed by atoms with van der Waals surface area (Å²) in [6, 6.07) is 11.8. The van der Waals surface area contributed by atoms with Crippen LogP contribution in [0, 0.1) is 0 Å². The molecule has 1 heterocycles. The predicted octanol–water partition coefficient (Wildman–Crippen LogP) is 4.69. The molecule has 0 bridgehead atoms. The molecule has 1 saturated carbocycles. The molecule has 2 aromatic carbocycles. The standard InChI is InChI=1S/C19H18N2O3S/c1-22-17-9-15-16(10-18(17)23-2)20-11-21-19(15)24-12-3-5-13(6-4-12)25-14-7-8-14/h3-6,9-11,14H,7-8H2,1-2H3. The number of ether oxygens (including phenoxy) is 3. The lowest BCUT2D eigenvalue weighted by Crippen LogP contribution is -1.95. The van der Waals surface area contributed by atoms with Crippen molar-refractivity contribution in [3.05, 3.63) is 42.7 Å². The number of nitrogens with zero attached hydrogens (tertiary/aromatic N) is 2. The third-order valence-electron chi connectivity index (χ3n) is 3.97. The minimum atomic E-state index is 0.494. The summed E-state index contributed by atoms with van der Waals surface area (Å²) >= 11 is 1.92. The minimum absolute atomic E-state index is 0.494. The van der Waals surface area contributed by atoms with Crippen LogP contribution in [0.2, 0.25) is 0 Å². The van der Waals surface area contributed by atoms with Gasteiger partial charge in [-0.25, -0.2) is 9.97 Å². The summed E-state index contributed by atoms with van der Waals surface area (Å²) in [5.74, 6) is 2.48. The molecule has 5 nitrogen and oxygen atoms in total. The molecule has 0 unspecified atom stereocenters. The molecule has 1 aliphatic rings. The van der Waals surface area contributed by atoms with E-state index in [1.807, 2.05) is 36.0 Å². The molecule has 25 heavy (non-hydrogen) atoms. The Morgan fingerprint density at radius 2 is 1.68 bits per heavy atom. The largest absolute Gasteiger partial charge is 0.493 e. The van der Waals surface area contributed by atoms with E-state index in [0.717, 1.165) is 21.9 Å². The minimum Gasteiger partial charge on any atom is -0.493 e. The van der Waals surface area contributed by atoms with E-state index in [1.165, 1.54) is 24.1 Å². The third-order valence-corrected chi connectivity index (χ3v) is 5.32. The van der Waals surface area contributed by atoms with Crippen LogP contribution in [-0.4, -0.2) is 29.4 Å². The van der Waals surface area contributed by atoms with Crippen molar-refractivity contribution in [2.24, 2.45) is 0 Å². The van der Waals surface area contributed by atoms with Crippen molar-refractivity contribution in [3.63, 3.8) is 0 Å². The normalized spacial score (nSPS) is 13.7. The van der Waals surface area contributed by atoms with Gasteiger partial charge in [-0.15, -0.1) is 11.8 Å². The van der Waals surface area contributed by atoms with E-state index in [9.17, 15) is 0 Å². The number of hydrogen-bond acceptors (Lipinski definition) is 6. The van der Waals surface area contributed by atoms with Gasteiger partial charge in [0.1, 0.15) is 12.1 Å². The number of thioether (sulfide) groups is 1. The molecule has 3 aromatic rings. The Bertz CT molecular complexity index is 895. The summed E-state index contributed by atoms with van der Waals surface area (Å²) in [7, 11) is 3.20. The van der Waals surface area contributed by atoms with E-state index in [2.05, 4.69) is 22.1 Å². The van der Waals surface area contributed by atoms with Crippen molar-refractivity contribution in [2.45, 2.75) is 23.0 Å². The van der Waals surface area contributed by atoms with Crippen LogP contribution in [0.3, 0.4) is 0 Å². The molecule has 0 atom stereocenters. The van der Waals surface area contributed by atoms with E-state index >= 15 is 0 Å². The molecule has 1 aromatic heterocycles. The lowest BCUT2D eigenvalue weighted by Gasteiger charge is -2.11. The Hall–Kier alpha value is -2.47. The highest BCUT2D eigenvalue weighted by Crippen LogP contribution is 2.40. The Morgan fingerprint density at radius 3 is 2.36 bits per heavy atom. The molecule has 1 aliphatic carbocycles. The maximum Gasteiger partial charge on any atom is 0.230 e. The number of methoxy groups -OCH3 is 2. The van der Waals surface area contributed by atoms with Gasteiger partial charge in [-0.3, -0.25) is 0 Å². The molecule has 0 aliphatic heterocycles. The van der Waals surface area contributed by atoms with Gasteiger partial charge in [-0.2, -0.15) is 0 Å². The van der Waals surface area contributed by atoms with Crippen LogP contribution in [-0.2, 0) is 0 Å². The van der Waals surface area contributed by atoms with Gasteiger partial charge in [0.05, 0.1) is 25.1 Å². The molecular formula is C19H18N2O3S. The number of aromatic nitrogens is 2. The first-order valence-electron chi connectivity index (χ1n) is 8.08. The Morgan fingerprint density at radius 1 is 0.960 bits per heavy atom. The second-order valence-electron chi connectivity index (χ2n) is 5.79. The zero-order valence-corrected chi connectivity index (χ0v) is 14.9. The molecule has 0 spiro atoms. The topological polar surface area (TPSA) is 53.5 Å². The van der Waals surface area contributed by atoms with Crippen LogP contribution in [0.25, 0.3) is 10.9 Å². The van der Waals surface area contributed by atoms with Crippen molar-refractivity contribution in [2.75, 3.05) is 14.2 Å². The highest BCUT2D eigenvalue weighted by atomic mass is 32.2. The first-order valence-corrected chi connectivity index (χ1v) is 8.96. The Labute approximate surface area is 150 Å². The highest BCUT2D eigenvalue weighted by molar-refractivity contribution is 8.00. The molecule has 128 valence electrons. The average Bonchev–Trinajstić information content (AvgIpc) is 3.46. The van der Waals surface area contributed by atoms with Gasteiger partial charge >= 0.3 is 0 Å². The van der Waals surface area contributed by atoms with Gasteiger partial charge < -0.3 is 14.2 Å². The maximum atomic E-state index is 5.98. The molecular weight excluding hydrogens is 336 g/mol. The van der Waals surface area contributed by atoms with E-state index in [1.54, 1.807) is 14.2 Å². The van der Waals surface area contributed by atoms with Crippen LogP contribution < -0.4 is 14.2 Å². The van der Waals surface area contributed by atoms with Gasteiger partial charge in [0.15, 0.2) is 11.5 Å². The fourth-order valence-corrected chi connectivity index (χ4v) is 3.57. The average molecular weight is 354 g/mol. The van der Waals surface area contributed by atoms with Gasteiger partial charge in [0, 0.05) is 16.2 Å². The van der Waals surface area contributed by atoms with Crippen molar-refractivity contribution in [3.8, 4) is 23.1 Å². The summed E-state index contributed by atoms with van der Waals surface area (Å²) < 4.78 is 16.7. The van der Waals surface area contributed by atoms with Crippen LogP contribution in [0.1, 0.15) is 12.8 Å². The lowest BCUT2D eigenvalue weighted by atomic mass is 10.2. The summed E-state index contributed by atoms with van der Waals surface area (Å²) in [4.78, 5) is 9.84. The first kappa shape index (κ1) is 16.0. The summed E-state index contributed by atoms with van der Waals surface area (Å²) in [6.07, 6.45) is 4.13. The fourth-order valence-electron chi connectivity index (χ4n) is 2.52. The van der Waals surface area contributed by atoms with Crippen LogP contribution in [0.15, 0.2) is 47.6 Å². The van der Waals surface area contributed by atoms with E-state index in [0.29, 0.717) is 17.4 Å². The summed E-state index contributed by atoms with van der Waals surface area (Å²) in [5, 5.41) is 1.57. The SMILES string of the molecule is COc1cc2ncnc(Oc3ccc(SC4CC4)cc3)c2cc1OC. The predicted molar refractivity (Wildman–Crippen MR) is 98.0 cm³/mol. The Kier molecular flexibility index (Phi) is 4.36. The van der Waals surface area contributed by atoms with Crippen molar-refractivity contribution in [1.82, 2.24) is 9.97 Å². The van der Waals surface area contributed by atoms with E-state index < -0.39 is 0 Å². The maximum absolute atomic E-state index is 5.98. The van der Waals surface area contributed by atoms with Crippen LogP contribution >= 0.6 is 11.8 Å². The molecule has 0 radical (unpaired) electrons. The number of fused-ring (bicyclic) bond motifs is 1. The fraction of sp³-hybridized carbons (Fsp3) is 0.263. The van der Waals surface area contributed by atoms with E-state index in [4.69, 9.17) is 14.2 Å². The van der Waals surface area contributed by atoms with Gasteiger partial charge in [-0.1, -0.05) is 0 Å². The number of hydrogen-bond donors (Lipinski definition) is 0. The molecule has 6 heteroatoms. The quantitative estimate of drug-likeness (QED) is 0.640. The van der Waals surface area contributed by atoms with Gasteiger partial charge in [0.2, 0.25) is 5.88 Å². The van der Waals surface area contributed by atoms with E-state index in [-0.39, 0.29) is 0 Å². The van der Waals surface area contributed by atoms with Crippen molar-refractivity contribution < 1.29 is 14.2 Å². The molecule has 0 amide bonds. The smallest absolute Gasteiger partial charge is 0.230 e. The number of benzene rings is 2. The molecule has 1 fully saturated rings. The second-order valence-corrected chi connectivity index (χ2v) is 7.17. The monoisotopic (exact) mass is 354 g/mol. The van der Waals surface area contributed by atoms with Crippen LogP contribution in [0.4, 0.5) is 0 Å². The third kappa shape index (κ3) is 3.49. The number of rotatable bonds is 6. The zero-order chi connectivity index (χ0) is 17.2. The van der Waals surface area contributed by atoms with Gasteiger partial charge in [-0.05, 0) is 43.2 Å². The molecule has 4 rings (SSSR count). The molecule has 0 saturated heterocycles. The zero-order valence-electron chi connectivity index (χ0n) is 14.1.